The summed E-state index contributed by atoms with van der Waals surface area (Å²) in [5.74, 6) is -0.0897. The summed E-state index contributed by atoms with van der Waals surface area (Å²) in [6.45, 7) is 0. The summed E-state index contributed by atoms with van der Waals surface area (Å²) in [6.07, 6.45) is 0. The van der Waals surface area contributed by atoms with Gasteiger partial charge in [0.15, 0.2) is 0 Å². The Morgan fingerprint density at radius 2 is 1.84 bits per heavy atom. The molecule has 0 aliphatic carbocycles. The SMILES string of the molecule is O=S(=O)(Nc1nn[nH]n1)c1ccc2ccccc2c1. The van der Waals surface area contributed by atoms with E-state index >= 15 is 0 Å². The second kappa shape index (κ2) is 4.32. The van der Waals surface area contributed by atoms with Gasteiger partial charge in [-0.1, -0.05) is 35.4 Å². The number of nitrogens with zero attached hydrogens (tertiary/aromatic N) is 3. The lowest BCUT2D eigenvalue weighted by Crippen LogP contribution is -2.14. The zero-order valence-corrected chi connectivity index (χ0v) is 10.4. The summed E-state index contributed by atoms with van der Waals surface area (Å²) in [5, 5.41) is 14.4. The van der Waals surface area contributed by atoms with Crippen LogP contribution in [0.2, 0.25) is 0 Å². The minimum Gasteiger partial charge on any atom is -0.245 e. The monoisotopic (exact) mass is 275 g/mol. The van der Waals surface area contributed by atoms with Gasteiger partial charge in [-0.3, -0.25) is 0 Å². The maximum atomic E-state index is 12.1. The Hall–Kier alpha value is -2.48. The van der Waals surface area contributed by atoms with Crippen LogP contribution in [0.3, 0.4) is 0 Å². The lowest BCUT2D eigenvalue weighted by molar-refractivity contribution is 0.601. The number of hydrogen-bond acceptors (Lipinski definition) is 5. The van der Waals surface area contributed by atoms with E-state index in [0.717, 1.165) is 10.8 Å². The number of rotatable bonds is 3. The minimum atomic E-state index is -3.71. The van der Waals surface area contributed by atoms with Gasteiger partial charge in [0.05, 0.1) is 4.90 Å². The van der Waals surface area contributed by atoms with Crippen molar-refractivity contribution in [1.29, 1.82) is 0 Å². The molecule has 96 valence electrons. The van der Waals surface area contributed by atoms with Crippen LogP contribution in [0.15, 0.2) is 47.4 Å². The first-order valence-corrected chi connectivity index (χ1v) is 6.88. The molecule has 1 heterocycles. The third kappa shape index (κ3) is 2.25. The number of H-pyrrole nitrogens is 1. The van der Waals surface area contributed by atoms with E-state index in [4.69, 9.17) is 0 Å². The third-order valence-corrected chi connectivity index (χ3v) is 3.93. The molecule has 0 aliphatic rings. The summed E-state index contributed by atoms with van der Waals surface area (Å²) in [4.78, 5) is 0.149. The van der Waals surface area contributed by atoms with E-state index in [9.17, 15) is 8.42 Å². The van der Waals surface area contributed by atoms with Crippen LogP contribution in [-0.2, 0) is 10.0 Å². The summed E-state index contributed by atoms with van der Waals surface area (Å²) in [7, 11) is -3.71. The van der Waals surface area contributed by atoms with Crippen molar-refractivity contribution in [2.45, 2.75) is 4.90 Å². The van der Waals surface area contributed by atoms with Crippen LogP contribution >= 0.6 is 0 Å². The highest BCUT2D eigenvalue weighted by Crippen LogP contribution is 2.20. The fraction of sp³-hybridized carbons (Fsp3) is 0. The Labute approximate surface area is 108 Å². The summed E-state index contributed by atoms with van der Waals surface area (Å²) in [5.41, 5.74) is 0. The largest absolute Gasteiger partial charge is 0.276 e. The molecule has 2 aromatic carbocycles. The molecule has 0 fully saturated rings. The Kier molecular flexibility index (Phi) is 2.64. The van der Waals surface area contributed by atoms with E-state index in [-0.39, 0.29) is 10.8 Å². The first-order chi connectivity index (χ1) is 9.15. The van der Waals surface area contributed by atoms with Crippen LogP contribution < -0.4 is 4.72 Å². The topological polar surface area (TPSA) is 101 Å². The number of fused-ring (bicyclic) bond motifs is 1. The average Bonchev–Trinajstić information content (AvgIpc) is 2.90. The summed E-state index contributed by atoms with van der Waals surface area (Å²) in [6, 6.07) is 12.4. The van der Waals surface area contributed by atoms with Crippen molar-refractivity contribution in [2.75, 3.05) is 4.72 Å². The number of hydrogen-bond donors (Lipinski definition) is 2. The number of aromatic nitrogens is 4. The van der Waals surface area contributed by atoms with Gasteiger partial charge in [0.2, 0.25) is 0 Å². The highest BCUT2D eigenvalue weighted by atomic mass is 32.2. The molecule has 3 aromatic rings. The van der Waals surface area contributed by atoms with Gasteiger partial charge in [0.25, 0.3) is 16.0 Å². The molecule has 0 unspecified atom stereocenters. The molecule has 0 radical (unpaired) electrons. The number of sulfonamides is 1. The maximum Gasteiger partial charge on any atom is 0.276 e. The van der Waals surface area contributed by atoms with E-state index in [1.165, 1.54) is 6.07 Å². The molecule has 19 heavy (non-hydrogen) atoms. The third-order valence-electron chi connectivity index (χ3n) is 2.60. The fourth-order valence-corrected chi connectivity index (χ4v) is 2.69. The van der Waals surface area contributed by atoms with Crippen LogP contribution in [0, 0.1) is 0 Å². The maximum absolute atomic E-state index is 12.1. The van der Waals surface area contributed by atoms with Crippen LogP contribution in [-0.4, -0.2) is 29.0 Å². The smallest absolute Gasteiger partial charge is 0.245 e. The fourth-order valence-electron chi connectivity index (χ4n) is 1.72. The Morgan fingerprint density at radius 3 is 2.58 bits per heavy atom. The highest BCUT2D eigenvalue weighted by molar-refractivity contribution is 7.92. The molecule has 8 heteroatoms. The normalized spacial score (nSPS) is 11.6. The number of benzene rings is 2. The molecule has 2 N–H and O–H groups in total. The molecule has 3 rings (SSSR count). The van der Waals surface area contributed by atoms with Gasteiger partial charge < -0.3 is 0 Å². The van der Waals surface area contributed by atoms with Crippen molar-refractivity contribution in [2.24, 2.45) is 0 Å². The molecule has 0 spiro atoms. The second-order valence-electron chi connectivity index (χ2n) is 3.85. The number of aromatic amines is 1. The minimum absolute atomic E-state index is 0.0897. The van der Waals surface area contributed by atoms with Crippen LogP contribution in [0.25, 0.3) is 10.8 Å². The number of anilines is 1. The van der Waals surface area contributed by atoms with Crippen LogP contribution in [0.1, 0.15) is 0 Å². The molecule has 0 saturated carbocycles. The molecular formula is C11H9N5O2S. The molecule has 1 aromatic heterocycles. The highest BCUT2D eigenvalue weighted by Gasteiger charge is 2.16. The molecule has 7 nitrogen and oxygen atoms in total. The number of tetrazole rings is 1. The molecule has 0 amide bonds. The van der Waals surface area contributed by atoms with E-state index in [1.54, 1.807) is 12.1 Å². The van der Waals surface area contributed by atoms with Crippen molar-refractivity contribution in [1.82, 2.24) is 20.6 Å². The molecule has 0 saturated heterocycles. The average molecular weight is 275 g/mol. The predicted molar refractivity (Wildman–Crippen MR) is 68.9 cm³/mol. The van der Waals surface area contributed by atoms with Gasteiger partial charge in [-0.25, -0.2) is 13.1 Å². The van der Waals surface area contributed by atoms with Crippen molar-refractivity contribution < 1.29 is 8.42 Å². The van der Waals surface area contributed by atoms with E-state index in [2.05, 4.69) is 25.3 Å². The summed E-state index contributed by atoms with van der Waals surface area (Å²) < 4.78 is 26.5. The molecule has 0 aliphatic heterocycles. The number of nitrogens with one attached hydrogen (secondary N) is 2. The van der Waals surface area contributed by atoms with Gasteiger partial charge in [-0.15, -0.1) is 5.10 Å². The zero-order valence-electron chi connectivity index (χ0n) is 9.61. The van der Waals surface area contributed by atoms with Gasteiger partial charge in [-0.05, 0) is 28.1 Å². The van der Waals surface area contributed by atoms with Crippen LogP contribution in [0.5, 0.6) is 0 Å². The van der Waals surface area contributed by atoms with Gasteiger partial charge in [-0.2, -0.15) is 5.21 Å². The molecular weight excluding hydrogens is 266 g/mol. The lowest BCUT2D eigenvalue weighted by Gasteiger charge is -2.05. The summed E-state index contributed by atoms with van der Waals surface area (Å²) >= 11 is 0. The van der Waals surface area contributed by atoms with E-state index < -0.39 is 10.0 Å². The predicted octanol–water partition coefficient (Wildman–Crippen LogP) is 1.15. The lowest BCUT2D eigenvalue weighted by atomic mass is 10.1. The van der Waals surface area contributed by atoms with E-state index in [0.29, 0.717) is 0 Å². The van der Waals surface area contributed by atoms with Crippen molar-refractivity contribution in [3.05, 3.63) is 42.5 Å². The van der Waals surface area contributed by atoms with Gasteiger partial charge in [0.1, 0.15) is 0 Å². The quantitative estimate of drug-likeness (QED) is 0.746. The van der Waals surface area contributed by atoms with Crippen LogP contribution in [0.4, 0.5) is 5.95 Å². The van der Waals surface area contributed by atoms with E-state index in [1.807, 2.05) is 24.3 Å². The van der Waals surface area contributed by atoms with Gasteiger partial charge >= 0.3 is 0 Å². The zero-order chi connectivity index (χ0) is 13.3. The van der Waals surface area contributed by atoms with Crippen molar-refractivity contribution in [3.8, 4) is 0 Å². The first kappa shape index (κ1) is 11.6. The first-order valence-electron chi connectivity index (χ1n) is 5.40. The second-order valence-corrected chi connectivity index (χ2v) is 5.53. The van der Waals surface area contributed by atoms with Crippen molar-refractivity contribution in [3.63, 3.8) is 0 Å². The Balaban J connectivity index is 2.03. The molecule has 0 bridgehead atoms. The standard InChI is InChI=1S/C11H9N5O2S/c17-19(18,14-11-12-15-16-13-11)10-6-5-8-3-1-2-4-9(8)7-10/h1-7H,(H2,12,13,14,15,16). The van der Waals surface area contributed by atoms with Gasteiger partial charge in [0, 0.05) is 0 Å². The molecule has 0 atom stereocenters. The Bertz CT molecular complexity index is 814. The Morgan fingerprint density at radius 1 is 1.05 bits per heavy atom. The van der Waals surface area contributed by atoms with Crippen molar-refractivity contribution >= 4 is 26.7 Å².